The van der Waals surface area contributed by atoms with Gasteiger partial charge in [0.25, 0.3) is 22.3 Å². The molecule has 4 aliphatic carbocycles. The number of amides is 6. The maximum absolute atomic E-state index is 16.0. The van der Waals surface area contributed by atoms with E-state index >= 15 is 17.6 Å². The minimum atomic E-state index is -0.691. The number of thiocarbonyl (C=S) groups is 2. The smallest absolute Gasteiger partial charge is 0.286 e. The Kier molecular flexibility index (Phi) is 27.3. The van der Waals surface area contributed by atoms with Crippen LogP contribution in [0.2, 0.25) is 0 Å². The highest BCUT2D eigenvalue weighted by atomic mass is 32.2. The molecule has 16 rings (SSSR count). The predicted molar refractivity (Wildman–Crippen MR) is 524 cm³/mol. The quantitative estimate of drug-likeness (QED) is 0.0457. The number of hydrogen-bond donors (Lipinski definition) is 4. The third-order valence-electron chi connectivity index (χ3n) is 27.5. The first kappa shape index (κ1) is 96.5. The summed E-state index contributed by atoms with van der Waals surface area (Å²) in [5.74, 6) is -2.10. The van der Waals surface area contributed by atoms with Crippen molar-refractivity contribution in [1.82, 2.24) is 21.3 Å². The fourth-order valence-electron chi connectivity index (χ4n) is 19.2. The van der Waals surface area contributed by atoms with Gasteiger partial charge in [0.2, 0.25) is 11.8 Å². The minimum absolute atomic E-state index is 0.000231. The van der Waals surface area contributed by atoms with Crippen LogP contribution in [0.15, 0.2) is 107 Å². The van der Waals surface area contributed by atoms with Crippen LogP contribution in [-0.4, -0.2) is 81.7 Å². The Labute approximate surface area is 778 Å². The Morgan fingerprint density at radius 1 is 0.375 bits per heavy atom. The number of aryl methyl sites for hydroxylation is 4. The fourth-order valence-corrected chi connectivity index (χ4v) is 22.9. The van der Waals surface area contributed by atoms with E-state index in [1.54, 1.807) is 25.3 Å². The lowest BCUT2D eigenvalue weighted by Gasteiger charge is -2.42. The van der Waals surface area contributed by atoms with Crippen LogP contribution >= 0.6 is 71.5 Å². The van der Waals surface area contributed by atoms with E-state index in [0.29, 0.717) is 49.2 Å². The van der Waals surface area contributed by atoms with Crippen LogP contribution in [0.25, 0.3) is 56.7 Å². The number of hydrogen-bond acceptors (Lipinski definition) is 16. The van der Waals surface area contributed by atoms with E-state index in [1.165, 1.54) is 102 Å². The van der Waals surface area contributed by atoms with Gasteiger partial charge in [-0.15, -0.1) is 0 Å². The van der Waals surface area contributed by atoms with Gasteiger partial charge in [-0.1, -0.05) is 219 Å². The van der Waals surface area contributed by atoms with Crippen LogP contribution in [-0.2, 0) is 75.3 Å². The van der Waals surface area contributed by atoms with Crippen molar-refractivity contribution >= 4 is 126 Å². The van der Waals surface area contributed by atoms with Crippen molar-refractivity contribution in [1.29, 1.82) is 0 Å². The number of rotatable bonds is 14. The molecule has 0 radical (unpaired) electrons. The van der Waals surface area contributed by atoms with E-state index in [1.807, 2.05) is 38.1 Å². The first-order valence-corrected chi connectivity index (χ1v) is 47.6. The third-order valence-corrected chi connectivity index (χ3v) is 31.8. The van der Waals surface area contributed by atoms with E-state index in [9.17, 15) is 28.8 Å². The van der Waals surface area contributed by atoms with Gasteiger partial charge in [-0.3, -0.25) is 39.4 Å². The molecule has 8 aromatic rings. The second-order valence-electron chi connectivity index (χ2n) is 40.2. The van der Waals surface area contributed by atoms with Crippen molar-refractivity contribution < 1.29 is 65.3 Å². The fraction of sp³-hybridized carbons (Fsp3) is 0.423. The average molecular weight is 1850 g/mol. The summed E-state index contributed by atoms with van der Waals surface area (Å²) in [5, 5.41) is 8.10. The van der Waals surface area contributed by atoms with Crippen molar-refractivity contribution in [3.63, 3.8) is 0 Å². The molecule has 14 nitrogen and oxygen atoms in total. The Hall–Kier alpha value is -9.04. The third kappa shape index (κ3) is 19.4. The molecule has 2 atom stereocenters. The number of fused-ring (bicyclic) bond motifs is 4. The summed E-state index contributed by atoms with van der Waals surface area (Å²) in [5.41, 5.74) is 22.7. The van der Waals surface area contributed by atoms with Crippen LogP contribution in [0.4, 0.5) is 27.2 Å². The molecular weight excluding hydrogens is 1730 g/mol. The number of carbonyl (C=O) groups is 6. The first-order valence-electron chi connectivity index (χ1n) is 43.4. The van der Waals surface area contributed by atoms with E-state index in [2.05, 4.69) is 194 Å². The average Bonchev–Trinajstić information content (AvgIpc) is 0.925. The number of carbonyl (C=O) groups excluding carboxylic acids is 6. The highest BCUT2D eigenvalue weighted by molar-refractivity contribution is 8.27. The zero-order valence-corrected chi connectivity index (χ0v) is 82.6. The number of benzene rings is 8. The number of methoxy groups -OCH3 is 4. The van der Waals surface area contributed by atoms with Gasteiger partial charge in [-0.25, -0.2) is 17.6 Å². The molecule has 4 aliphatic heterocycles. The van der Waals surface area contributed by atoms with Gasteiger partial charge in [0.05, 0.1) is 59.9 Å². The molecule has 0 aromatic heterocycles. The molecule has 4 fully saturated rings. The summed E-state index contributed by atoms with van der Waals surface area (Å²) < 4.78 is 84.9. The molecule has 8 aromatic carbocycles. The zero-order valence-electron chi connectivity index (χ0n) is 77.7. The van der Waals surface area contributed by atoms with Crippen LogP contribution in [0.5, 0.6) is 23.0 Å². The molecule has 0 bridgehead atoms. The standard InChI is InChI=1S/C26H27F2NO2S2.C26H30FNO3S.C26H28FNO2S2.C26H31NO3S/c1-13-9-16-17(26(4,5)8-7-25(16,2)3)12-15(13)20-21(28)14(10-18(27)22(20)31-6)11-19-23(30)29-24(32)33-19;1-14-11-17-18(26(4,5)10-9-25(17,2)3)13-16(14)21-19(31-6)8-7-15(22(21)27)12-20-23(29)28-24(30)32-20;1-14-9-18-19(26(4,5)8-7-25(18,2)3)13-16(14)17-10-15(11-20(27)22(17)30-6)12-21-23(29)28-24(31)32-21;1-15-11-19-20(26(4,5)10-9-25(19,2)3)14-17(15)18-12-16(7-8-21(18)30-6)13-22-23(28)27-24(29)31-22/h9-12H,7-8H2,1-6H3,(H,29,30,32);7-8,11,13,20H,9-10,12H2,1-6H3,(H,28,29,30);9-13H,7-8H2,1-6H3,(H,28,29,31);7-8,11-12,14,22H,9-10,13H2,1-6H3,(H,27,28,29)/b19-11-;;21-12-;. The Bertz CT molecular complexity index is 6060. The van der Waals surface area contributed by atoms with Crippen LogP contribution < -0.4 is 40.2 Å². The van der Waals surface area contributed by atoms with Gasteiger partial charge >= 0.3 is 0 Å². The molecular formula is C104H116F4N4O10S6. The second-order valence-corrected chi connectivity index (χ2v) is 46.0. The molecule has 4 saturated heterocycles. The van der Waals surface area contributed by atoms with Gasteiger partial charge < -0.3 is 29.6 Å². The van der Waals surface area contributed by atoms with Crippen LogP contribution in [0, 0.1) is 51.0 Å². The lowest BCUT2D eigenvalue weighted by molar-refractivity contribution is -0.119. The second kappa shape index (κ2) is 36.3. The molecule has 128 heavy (non-hydrogen) atoms. The van der Waals surface area contributed by atoms with Crippen molar-refractivity contribution in [2.24, 2.45) is 0 Å². The predicted octanol–water partition coefficient (Wildman–Crippen LogP) is 25.4. The lowest BCUT2D eigenvalue weighted by Crippen LogP contribution is -2.34. The number of nitrogens with one attached hydrogen (secondary N) is 4. The molecule has 2 unspecified atom stereocenters. The van der Waals surface area contributed by atoms with Gasteiger partial charge in [0, 0.05) is 16.7 Å². The molecule has 0 spiro atoms. The molecule has 8 aliphatic rings. The topological polar surface area (TPSA) is 187 Å². The van der Waals surface area contributed by atoms with Crippen LogP contribution in [0.1, 0.15) is 251 Å². The zero-order chi connectivity index (χ0) is 93.7. The Morgan fingerprint density at radius 2 is 0.734 bits per heavy atom. The largest absolute Gasteiger partial charge is 0.496 e. The molecule has 4 heterocycles. The van der Waals surface area contributed by atoms with E-state index in [0.717, 1.165) is 137 Å². The number of ether oxygens (including phenoxy) is 4. The summed E-state index contributed by atoms with van der Waals surface area (Å²) >= 11 is 14.3. The van der Waals surface area contributed by atoms with E-state index in [-0.39, 0.29) is 115 Å². The van der Waals surface area contributed by atoms with Crippen LogP contribution in [0.3, 0.4) is 0 Å². The molecule has 0 saturated carbocycles. The highest BCUT2D eigenvalue weighted by Crippen LogP contribution is 2.55. The first-order chi connectivity index (χ1) is 59.7. The summed E-state index contributed by atoms with van der Waals surface area (Å²) in [6.45, 7) is 44.5. The summed E-state index contributed by atoms with van der Waals surface area (Å²) in [6.07, 6.45) is 12.5. The Balaban J connectivity index is 0.000000146. The molecule has 676 valence electrons. The highest BCUT2D eigenvalue weighted by Gasteiger charge is 2.44. The Morgan fingerprint density at radius 3 is 1.12 bits per heavy atom. The van der Waals surface area contributed by atoms with Crippen molar-refractivity contribution in [3.05, 3.63) is 219 Å². The van der Waals surface area contributed by atoms with E-state index in [4.69, 9.17) is 43.4 Å². The van der Waals surface area contributed by atoms with Gasteiger partial charge in [0.1, 0.15) is 31.8 Å². The SMILES string of the molecule is COc1c(F)cc(/C=C2\SC(=S)NC2=O)c(F)c1-c1cc2c(cc1C)C(C)(C)CCC2(C)C.COc1c(F)cc(/C=C2\SC(=S)NC2=O)cc1-c1cc2c(cc1C)C(C)(C)CCC2(C)C.COc1ccc(CC2SC(=O)NC2=O)c(F)c1-c1cc2c(cc1C)C(C)(C)CCC2(C)C.COc1ccc(CC2SC(=O)NC2=O)cc1-c1cc2c(cc1C)C(C)(C)CCC2(C)C. The summed E-state index contributed by atoms with van der Waals surface area (Å²) in [7, 11) is 6.05. The van der Waals surface area contributed by atoms with Crippen molar-refractivity contribution in [2.45, 2.75) is 257 Å². The molecule has 4 N–H and O–H groups in total. The van der Waals surface area contributed by atoms with Crippen molar-refractivity contribution in [2.75, 3.05) is 28.4 Å². The van der Waals surface area contributed by atoms with Gasteiger partial charge in [-0.2, -0.15) is 0 Å². The van der Waals surface area contributed by atoms with E-state index < -0.39 is 34.4 Å². The summed E-state index contributed by atoms with van der Waals surface area (Å²) in [4.78, 5) is 72.0. The lowest BCUT2D eigenvalue weighted by atomic mass is 9.62. The van der Waals surface area contributed by atoms with Crippen molar-refractivity contribution in [3.8, 4) is 67.5 Å². The number of halogens is 4. The monoisotopic (exact) mass is 1850 g/mol. The maximum Gasteiger partial charge on any atom is 0.286 e. The summed E-state index contributed by atoms with van der Waals surface area (Å²) in [6, 6.07) is 31.4. The number of imide groups is 2. The normalized spacial score (nSPS) is 20.8. The van der Waals surface area contributed by atoms with Gasteiger partial charge in [-0.05, 0) is 314 Å². The van der Waals surface area contributed by atoms with Gasteiger partial charge in [0.15, 0.2) is 23.1 Å². The molecule has 6 amide bonds. The maximum atomic E-state index is 16.0. The molecule has 24 heteroatoms. The number of thioether (sulfide) groups is 4. The minimum Gasteiger partial charge on any atom is -0.496 e.